The molecule has 1 aromatic carbocycles. The number of carboxylic acids is 1. The van der Waals surface area contributed by atoms with Crippen LogP contribution in [0.2, 0.25) is 0 Å². The molecule has 0 spiro atoms. The highest BCUT2D eigenvalue weighted by atomic mass is 19.1. The lowest BCUT2D eigenvalue weighted by Crippen LogP contribution is -2.14. The van der Waals surface area contributed by atoms with Gasteiger partial charge in [0.1, 0.15) is 17.2 Å². The number of hydrogen-bond donors (Lipinski definition) is 3. The minimum absolute atomic E-state index is 0.0804. The Morgan fingerprint density at radius 2 is 1.89 bits per heavy atom. The van der Waals surface area contributed by atoms with Gasteiger partial charge in [0.2, 0.25) is 0 Å². The molecule has 0 saturated heterocycles. The first kappa shape index (κ1) is 12.6. The van der Waals surface area contributed by atoms with Crippen molar-refractivity contribution in [2.75, 3.05) is 5.32 Å². The molecule has 19 heavy (non-hydrogen) atoms. The molecule has 2 rings (SSSR count). The van der Waals surface area contributed by atoms with Crippen LogP contribution in [0.5, 0.6) is 0 Å². The van der Waals surface area contributed by atoms with Crippen LogP contribution in [0.25, 0.3) is 0 Å². The van der Waals surface area contributed by atoms with E-state index < -0.39 is 29.1 Å². The fourth-order valence-corrected chi connectivity index (χ4v) is 1.36. The molecule has 0 radical (unpaired) electrons. The maximum absolute atomic E-state index is 13.3. The largest absolute Gasteiger partial charge is 0.477 e. The number of aromatic amines is 1. The number of carbonyl (C=O) groups is 2. The van der Waals surface area contributed by atoms with Crippen LogP contribution in [0.15, 0.2) is 18.3 Å². The van der Waals surface area contributed by atoms with Gasteiger partial charge in [-0.15, -0.1) is 0 Å². The second-order valence-electron chi connectivity index (χ2n) is 3.43. The zero-order chi connectivity index (χ0) is 14.0. The lowest BCUT2D eigenvalue weighted by Gasteiger charge is -2.05. The Morgan fingerprint density at radius 3 is 2.37 bits per heavy atom. The number of carboxylic acid groups (broad SMARTS) is 1. The van der Waals surface area contributed by atoms with Crippen molar-refractivity contribution in [1.82, 2.24) is 15.4 Å². The molecule has 0 bridgehead atoms. The summed E-state index contributed by atoms with van der Waals surface area (Å²) in [6.45, 7) is 0. The van der Waals surface area contributed by atoms with Gasteiger partial charge in [0.05, 0.1) is 6.20 Å². The summed E-state index contributed by atoms with van der Waals surface area (Å²) in [4.78, 5) is 22.1. The number of carbonyl (C=O) groups excluding carboxylic acids is 1. The molecule has 0 atom stereocenters. The fourth-order valence-electron chi connectivity index (χ4n) is 1.36. The molecule has 0 fully saturated rings. The number of aromatic nitrogens is 3. The molecule has 1 heterocycles. The topological polar surface area (TPSA) is 108 Å². The monoisotopic (exact) mass is 268 g/mol. The Labute approximate surface area is 104 Å². The van der Waals surface area contributed by atoms with Gasteiger partial charge in [0.15, 0.2) is 5.69 Å². The molecule has 9 heteroatoms. The summed E-state index contributed by atoms with van der Waals surface area (Å²) in [7, 11) is 0. The number of nitrogens with one attached hydrogen (secondary N) is 2. The van der Waals surface area contributed by atoms with Gasteiger partial charge in [0.25, 0.3) is 5.91 Å². The lowest BCUT2D eigenvalue weighted by atomic mass is 10.1. The molecule has 2 aromatic rings. The minimum atomic E-state index is -1.73. The Balaban J connectivity index is 2.28. The van der Waals surface area contributed by atoms with Gasteiger partial charge < -0.3 is 10.4 Å². The number of hydrogen-bond acceptors (Lipinski definition) is 4. The Kier molecular flexibility index (Phi) is 3.19. The number of H-pyrrole nitrogens is 1. The van der Waals surface area contributed by atoms with E-state index >= 15 is 0 Å². The van der Waals surface area contributed by atoms with Crippen LogP contribution in [0.1, 0.15) is 20.8 Å². The Morgan fingerprint density at radius 1 is 1.26 bits per heavy atom. The number of nitrogens with zero attached hydrogens (tertiary/aromatic N) is 2. The zero-order valence-corrected chi connectivity index (χ0v) is 9.15. The summed E-state index contributed by atoms with van der Waals surface area (Å²) in [6, 6.07) is 1.40. The highest BCUT2D eigenvalue weighted by molar-refractivity contribution is 6.02. The number of benzene rings is 1. The Bertz CT molecular complexity index is 619. The first-order chi connectivity index (χ1) is 8.99. The molecule has 1 amide bonds. The number of halogens is 2. The van der Waals surface area contributed by atoms with Gasteiger partial charge in [-0.1, -0.05) is 0 Å². The fraction of sp³-hybridized carbons (Fsp3) is 0. The predicted octanol–water partition coefficient (Wildman–Crippen LogP) is 1.03. The predicted molar refractivity (Wildman–Crippen MR) is 57.7 cm³/mol. The molecule has 0 aliphatic carbocycles. The average molecular weight is 268 g/mol. The van der Waals surface area contributed by atoms with Crippen LogP contribution in [-0.2, 0) is 0 Å². The Hall–Kier alpha value is -2.84. The van der Waals surface area contributed by atoms with Crippen LogP contribution < -0.4 is 5.32 Å². The second kappa shape index (κ2) is 4.80. The number of rotatable bonds is 3. The highest BCUT2D eigenvalue weighted by Gasteiger charge is 2.19. The normalized spacial score (nSPS) is 10.2. The van der Waals surface area contributed by atoms with E-state index in [2.05, 4.69) is 20.7 Å². The van der Waals surface area contributed by atoms with E-state index in [0.29, 0.717) is 12.1 Å². The van der Waals surface area contributed by atoms with Crippen LogP contribution in [-0.4, -0.2) is 32.4 Å². The van der Waals surface area contributed by atoms with E-state index in [4.69, 9.17) is 5.11 Å². The van der Waals surface area contributed by atoms with Crippen LogP contribution in [0.3, 0.4) is 0 Å². The van der Waals surface area contributed by atoms with Crippen LogP contribution in [0, 0.1) is 11.6 Å². The molecule has 98 valence electrons. The van der Waals surface area contributed by atoms with Gasteiger partial charge in [-0.3, -0.25) is 4.79 Å². The SMILES string of the molecule is O=C(Nc1cc(F)c(C(=O)O)c(F)c1)c1cn[nH]n1. The average Bonchev–Trinajstić information content (AvgIpc) is 2.80. The van der Waals surface area contributed by atoms with E-state index in [9.17, 15) is 18.4 Å². The number of amides is 1. The van der Waals surface area contributed by atoms with E-state index in [1.165, 1.54) is 0 Å². The highest BCUT2D eigenvalue weighted by Crippen LogP contribution is 2.19. The number of anilines is 1. The summed E-state index contributed by atoms with van der Waals surface area (Å²) in [5.41, 5.74) is -1.39. The summed E-state index contributed by atoms with van der Waals surface area (Å²) >= 11 is 0. The van der Waals surface area contributed by atoms with Gasteiger partial charge in [-0.05, 0) is 12.1 Å². The third-order valence-electron chi connectivity index (χ3n) is 2.16. The molecule has 1 aromatic heterocycles. The molecule has 3 N–H and O–H groups in total. The maximum atomic E-state index is 13.3. The maximum Gasteiger partial charge on any atom is 0.341 e. The lowest BCUT2D eigenvalue weighted by molar-refractivity contribution is 0.0686. The van der Waals surface area contributed by atoms with E-state index in [-0.39, 0.29) is 11.4 Å². The summed E-state index contributed by atoms with van der Waals surface area (Å²) < 4.78 is 26.7. The van der Waals surface area contributed by atoms with Crippen LogP contribution in [0.4, 0.5) is 14.5 Å². The molecule has 7 nitrogen and oxygen atoms in total. The zero-order valence-electron chi connectivity index (χ0n) is 9.15. The van der Waals surface area contributed by atoms with Gasteiger partial charge >= 0.3 is 5.97 Å². The quantitative estimate of drug-likeness (QED) is 0.770. The van der Waals surface area contributed by atoms with Crippen molar-refractivity contribution < 1.29 is 23.5 Å². The molecular formula is C10H6F2N4O3. The minimum Gasteiger partial charge on any atom is -0.477 e. The first-order valence-corrected chi connectivity index (χ1v) is 4.88. The van der Waals surface area contributed by atoms with Gasteiger partial charge in [0, 0.05) is 5.69 Å². The molecule has 0 saturated carbocycles. The first-order valence-electron chi connectivity index (χ1n) is 4.88. The van der Waals surface area contributed by atoms with Crippen molar-refractivity contribution in [2.45, 2.75) is 0 Å². The third kappa shape index (κ3) is 2.54. The van der Waals surface area contributed by atoms with Crippen LogP contribution >= 0.6 is 0 Å². The van der Waals surface area contributed by atoms with Crippen molar-refractivity contribution in [2.24, 2.45) is 0 Å². The van der Waals surface area contributed by atoms with Gasteiger partial charge in [-0.2, -0.15) is 15.4 Å². The standard InChI is InChI=1S/C10H6F2N4O3/c11-5-1-4(2-6(12)8(5)10(18)19)14-9(17)7-3-13-16-15-7/h1-3H,(H,14,17)(H,18,19)(H,13,15,16). The van der Waals surface area contributed by atoms with Crippen molar-refractivity contribution in [3.05, 3.63) is 41.2 Å². The van der Waals surface area contributed by atoms with Crippen molar-refractivity contribution in [3.8, 4) is 0 Å². The van der Waals surface area contributed by atoms with Crippen molar-refractivity contribution >= 4 is 17.6 Å². The molecular weight excluding hydrogens is 262 g/mol. The third-order valence-corrected chi connectivity index (χ3v) is 2.16. The van der Waals surface area contributed by atoms with E-state index in [1.807, 2.05) is 0 Å². The van der Waals surface area contributed by atoms with Crippen molar-refractivity contribution in [3.63, 3.8) is 0 Å². The second-order valence-corrected chi connectivity index (χ2v) is 3.43. The molecule has 0 aliphatic heterocycles. The summed E-state index contributed by atoms with van der Waals surface area (Å²) in [5, 5.41) is 19.8. The van der Waals surface area contributed by atoms with E-state index in [0.717, 1.165) is 6.20 Å². The number of aromatic carboxylic acids is 1. The van der Waals surface area contributed by atoms with Gasteiger partial charge in [-0.25, -0.2) is 13.6 Å². The molecule has 0 aliphatic rings. The summed E-state index contributed by atoms with van der Waals surface area (Å²) in [6.07, 6.45) is 1.12. The summed E-state index contributed by atoms with van der Waals surface area (Å²) in [5.74, 6) is -5.05. The molecule has 0 unspecified atom stereocenters. The smallest absolute Gasteiger partial charge is 0.341 e. The van der Waals surface area contributed by atoms with Crippen molar-refractivity contribution in [1.29, 1.82) is 0 Å². The van der Waals surface area contributed by atoms with E-state index in [1.54, 1.807) is 0 Å².